The van der Waals surface area contributed by atoms with E-state index in [0.29, 0.717) is 11.5 Å². The highest BCUT2D eigenvalue weighted by Gasteiger charge is 2.50. The molecule has 5 heteroatoms. The molecule has 1 aromatic carbocycles. The van der Waals surface area contributed by atoms with Crippen LogP contribution in [-0.2, 0) is 4.74 Å². The monoisotopic (exact) mass is 358 g/mol. The van der Waals surface area contributed by atoms with Crippen molar-refractivity contribution in [2.24, 2.45) is 17.3 Å². The van der Waals surface area contributed by atoms with Gasteiger partial charge in [0, 0.05) is 49.7 Å². The third kappa shape index (κ3) is 3.60. The molecule has 4 rings (SSSR count). The maximum atomic E-state index is 13.0. The first-order chi connectivity index (χ1) is 12.6. The zero-order valence-electron chi connectivity index (χ0n) is 15.9. The highest BCUT2D eigenvalue weighted by molar-refractivity contribution is 5.94. The first-order valence-electron chi connectivity index (χ1n) is 9.79. The van der Waals surface area contributed by atoms with Crippen LogP contribution in [0.3, 0.4) is 0 Å². The number of amides is 1. The summed E-state index contributed by atoms with van der Waals surface area (Å²) < 4.78 is 11.3. The molecule has 3 aliphatic rings. The lowest BCUT2D eigenvalue weighted by molar-refractivity contribution is 0.0530. The van der Waals surface area contributed by atoms with Gasteiger partial charge in [-0.15, -0.1) is 0 Å². The molecule has 1 aliphatic carbocycles. The van der Waals surface area contributed by atoms with Crippen molar-refractivity contribution in [1.29, 1.82) is 0 Å². The maximum Gasteiger partial charge on any atom is 0.254 e. The average Bonchev–Trinajstić information content (AvgIpc) is 3.30. The smallest absolute Gasteiger partial charge is 0.254 e. The van der Waals surface area contributed by atoms with Crippen LogP contribution in [0.5, 0.6) is 5.75 Å². The van der Waals surface area contributed by atoms with Gasteiger partial charge in [0.1, 0.15) is 5.75 Å². The summed E-state index contributed by atoms with van der Waals surface area (Å²) in [5, 5.41) is 0. The van der Waals surface area contributed by atoms with Gasteiger partial charge in [0.25, 0.3) is 5.91 Å². The van der Waals surface area contributed by atoms with Crippen LogP contribution in [0.25, 0.3) is 0 Å². The second-order valence-corrected chi connectivity index (χ2v) is 8.45. The normalized spacial score (nSPS) is 28.8. The fraction of sp³-hybridized carbons (Fsp3) is 0.667. The van der Waals surface area contributed by atoms with Gasteiger partial charge >= 0.3 is 0 Å². The Bertz CT molecular complexity index is 660. The molecule has 26 heavy (non-hydrogen) atoms. The minimum atomic E-state index is 0.118. The van der Waals surface area contributed by atoms with E-state index in [1.165, 1.54) is 12.8 Å². The summed E-state index contributed by atoms with van der Waals surface area (Å²) in [7, 11) is 3.82. The quantitative estimate of drug-likeness (QED) is 0.784. The number of carbonyl (C=O) groups is 1. The van der Waals surface area contributed by atoms with Crippen LogP contribution < -0.4 is 4.74 Å². The first kappa shape index (κ1) is 17.8. The number of hydrogen-bond acceptors (Lipinski definition) is 4. The molecule has 142 valence electrons. The number of ether oxygens (including phenoxy) is 2. The van der Waals surface area contributed by atoms with Crippen molar-refractivity contribution in [2.45, 2.75) is 19.3 Å². The van der Waals surface area contributed by atoms with Gasteiger partial charge in [-0.2, -0.15) is 0 Å². The second-order valence-electron chi connectivity index (χ2n) is 8.45. The topological polar surface area (TPSA) is 42.0 Å². The van der Waals surface area contributed by atoms with Gasteiger partial charge < -0.3 is 19.3 Å². The van der Waals surface area contributed by atoms with Gasteiger partial charge in [0.15, 0.2) is 0 Å². The van der Waals surface area contributed by atoms with E-state index in [0.717, 1.165) is 57.5 Å². The van der Waals surface area contributed by atoms with Gasteiger partial charge in [-0.3, -0.25) is 4.79 Å². The highest BCUT2D eigenvalue weighted by atomic mass is 16.5. The van der Waals surface area contributed by atoms with Gasteiger partial charge in [-0.1, -0.05) is 6.07 Å². The van der Waals surface area contributed by atoms with Gasteiger partial charge in [0.05, 0.1) is 13.7 Å². The Morgan fingerprint density at radius 3 is 2.88 bits per heavy atom. The first-order valence-corrected chi connectivity index (χ1v) is 9.79. The Morgan fingerprint density at radius 2 is 2.12 bits per heavy atom. The molecule has 1 spiro atoms. The highest BCUT2D eigenvalue weighted by Crippen LogP contribution is 2.44. The van der Waals surface area contributed by atoms with Gasteiger partial charge in [-0.25, -0.2) is 0 Å². The lowest BCUT2D eigenvalue weighted by Gasteiger charge is -2.30. The van der Waals surface area contributed by atoms with Crippen molar-refractivity contribution in [2.75, 3.05) is 53.6 Å². The molecule has 1 aromatic rings. The second kappa shape index (κ2) is 7.20. The molecule has 3 fully saturated rings. The number of nitrogens with zero attached hydrogens (tertiary/aromatic N) is 2. The Hall–Kier alpha value is -1.59. The summed E-state index contributed by atoms with van der Waals surface area (Å²) in [6, 6.07) is 7.48. The minimum Gasteiger partial charge on any atom is -0.497 e. The van der Waals surface area contributed by atoms with Gasteiger partial charge in [0.2, 0.25) is 0 Å². The van der Waals surface area contributed by atoms with Crippen LogP contribution in [0, 0.1) is 17.3 Å². The van der Waals surface area contributed by atoms with Crippen LogP contribution in [0.15, 0.2) is 24.3 Å². The molecule has 0 N–H and O–H groups in total. The van der Waals surface area contributed by atoms with Crippen LogP contribution in [0.1, 0.15) is 29.6 Å². The number of methoxy groups -OCH3 is 1. The maximum absolute atomic E-state index is 13.0. The third-order valence-corrected chi connectivity index (χ3v) is 6.34. The van der Waals surface area contributed by atoms with Gasteiger partial charge in [-0.05, 0) is 50.4 Å². The summed E-state index contributed by atoms with van der Waals surface area (Å²) in [6.45, 7) is 5.57. The fourth-order valence-electron chi connectivity index (χ4n) is 4.66. The summed E-state index contributed by atoms with van der Waals surface area (Å²) in [5.74, 6) is 2.18. The van der Waals surface area contributed by atoms with Crippen molar-refractivity contribution in [1.82, 2.24) is 9.80 Å². The Morgan fingerprint density at radius 1 is 1.27 bits per heavy atom. The number of rotatable bonds is 6. The van der Waals surface area contributed by atoms with E-state index in [2.05, 4.69) is 11.9 Å². The van der Waals surface area contributed by atoms with E-state index >= 15 is 0 Å². The van der Waals surface area contributed by atoms with Crippen LogP contribution in [-0.4, -0.2) is 69.3 Å². The zero-order valence-corrected chi connectivity index (χ0v) is 15.9. The molecule has 0 bridgehead atoms. The molecule has 2 saturated heterocycles. The lowest BCUT2D eigenvalue weighted by atomic mass is 9.77. The zero-order chi connectivity index (χ0) is 18.1. The summed E-state index contributed by atoms with van der Waals surface area (Å²) in [4.78, 5) is 17.4. The van der Waals surface area contributed by atoms with Crippen LogP contribution >= 0.6 is 0 Å². The molecule has 0 radical (unpaired) electrons. The molecule has 2 heterocycles. The van der Waals surface area contributed by atoms with E-state index in [4.69, 9.17) is 9.47 Å². The predicted molar refractivity (Wildman–Crippen MR) is 100 cm³/mol. The van der Waals surface area contributed by atoms with Crippen molar-refractivity contribution in [3.05, 3.63) is 29.8 Å². The van der Waals surface area contributed by atoms with Crippen molar-refractivity contribution < 1.29 is 14.3 Å². The molecule has 0 aromatic heterocycles. The largest absolute Gasteiger partial charge is 0.497 e. The predicted octanol–water partition coefficient (Wildman–Crippen LogP) is 2.52. The Kier molecular flexibility index (Phi) is 4.93. The fourth-order valence-corrected chi connectivity index (χ4v) is 4.66. The molecule has 1 saturated carbocycles. The molecule has 0 unspecified atom stereocenters. The third-order valence-electron chi connectivity index (χ3n) is 6.34. The average molecular weight is 358 g/mol. The molecule has 2 atom stereocenters. The van der Waals surface area contributed by atoms with Crippen LogP contribution in [0.4, 0.5) is 0 Å². The van der Waals surface area contributed by atoms with E-state index < -0.39 is 0 Å². The molecular formula is C21H30N2O3. The lowest BCUT2D eigenvalue weighted by Crippen LogP contribution is -2.38. The van der Waals surface area contributed by atoms with Crippen molar-refractivity contribution in [3.8, 4) is 5.75 Å². The molecule has 1 amide bonds. The van der Waals surface area contributed by atoms with Crippen molar-refractivity contribution in [3.63, 3.8) is 0 Å². The Balaban J connectivity index is 1.42. The van der Waals surface area contributed by atoms with E-state index in [1.54, 1.807) is 7.11 Å². The standard InChI is InChI=1S/C21H30N2O3/c1-22-11-18(13-26-12-16-6-7-16)21(14-22)8-9-23(15-21)20(24)17-4-3-5-19(10-17)25-2/h3-5,10,16,18H,6-9,11-15H2,1-2H3/t18-,21+/m0/s1. The van der Waals surface area contributed by atoms with E-state index in [9.17, 15) is 4.79 Å². The summed E-state index contributed by atoms with van der Waals surface area (Å²) >= 11 is 0. The number of hydrogen-bond donors (Lipinski definition) is 0. The summed E-state index contributed by atoms with van der Waals surface area (Å²) in [5.41, 5.74) is 0.904. The minimum absolute atomic E-state index is 0.118. The molecule has 2 aliphatic heterocycles. The number of likely N-dealkylation sites (tertiary alicyclic amines) is 2. The molecule has 5 nitrogen and oxygen atoms in total. The van der Waals surface area contributed by atoms with Crippen molar-refractivity contribution >= 4 is 5.91 Å². The molecular weight excluding hydrogens is 328 g/mol. The number of benzene rings is 1. The SMILES string of the molecule is COc1cccc(C(=O)N2CC[C@@]3(CN(C)C[C@H]3COCC3CC3)C2)c1. The Labute approximate surface area is 156 Å². The summed E-state index contributed by atoms with van der Waals surface area (Å²) in [6.07, 6.45) is 3.74. The van der Waals surface area contributed by atoms with E-state index in [1.807, 2.05) is 29.2 Å². The van der Waals surface area contributed by atoms with E-state index in [-0.39, 0.29) is 11.3 Å². The van der Waals surface area contributed by atoms with Crippen LogP contribution in [0.2, 0.25) is 0 Å². The number of carbonyl (C=O) groups excluding carboxylic acids is 1.